The zero-order valence-corrected chi connectivity index (χ0v) is 21.0. The monoisotopic (exact) mass is 498 g/mol. The average molecular weight is 499 g/mol. The lowest BCUT2D eigenvalue weighted by atomic mass is 10.1. The number of benzene rings is 2. The van der Waals surface area contributed by atoms with Crippen LogP contribution in [-0.2, 0) is 11.3 Å². The van der Waals surface area contributed by atoms with E-state index >= 15 is 0 Å². The predicted molar refractivity (Wildman–Crippen MR) is 140 cm³/mol. The van der Waals surface area contributed by atoms with Crippen molar-refractivity contribution in [3.05, 3.63) is 74.9 Å². The van der Waals surface area contributed by atoms with Gasteiger partial charge in [-0.25, -0.2) is 4.79 Å². The van der Waals surface area contributed by atoms with E-state index in [1.807, 2.05) is 48.9 Å². The molecule has 0 radical (unpaired) electrons. The largest absolute Gasteiger partial charge is 0.465 e. The summed E-state index contributed by atoms with van der Waals surface area (Å²) in [6.07, 6.45) is 0. The van der Waals surface area contributed by atoms with Crippen molar-refractivity contribution in [3.8, 4) is 0 Å². The molecule has 4 aromatic rings. The van der Waals surface area contributed by atoms with E-state index in [-0.39, 0.29) is 0 Å². The van der Waals surface area contributed by atoms with Crippen LogP contribution in [0.3, 0.4) is 0 Å². The van der Waals surface area contributed by atoms with Gasteiger partial charge in [-0.05, 0) is 62.3 Å². The number of esters is 1. The summed E-state index contributed by atoms with van der Waals surface area (Å²) in [6.45, 7) is 6.78. The van der Waals surface area contributed by atoms with Crippen LogP contribution in [-0.4, -0.2) is 28.0 Å². The zero-order valence-electron chi connectivity index (χ0n) is 18.7. The van der Waals surface area contributed by atoms with Crippen LogP contribution in [0.5, 0.6) is 0 Å². The van der Waals surface area contributed by atoms with Crippen LogP contribution in [0.25, 0.3) is 10.1 Å². The Morgan fingerprint density at radius 1 is 1.18 bits per heavy atom. The van der Waals surface area contributed by atoms with Gasteiger partial charge < -0.3 is 15.4 Å². The molecule has 0 aliphatic carbocycles. The molecule has 0 bridgehead atoms. The summed E-state index contributed by atoms with van der Waals surface area (Å²) >= 11 is 13.2. The predicted octanol–water partition coefficient (Wildman–Crippen LogP) is 6.32. The van der Waals surface area contributed by atoms with Crippen LogP contribution >= 0.6 is 35.2 Å². The summed E-state index contributed by atoms with van der Waals surface area (Å²) < 4.78 is 7.66. The molecule has 0 spiro atoms. The third-order valence-corrected chi connectivity index (χ3v) is 7.30. The fourth-order valence-corrected chi connectivity index (χ4v) is 5.31. The van der Waals surface area contributed by atoms with Crippen LogP contribution in [0.2, 0.25) is 5.02 Å². The Morgan fingerprint density at radius 2 is 1.94 bits per heavy atom. The zero-order chi connectivity index (χ0) is 23.7. The van der Waals surface area contributed by atoms with Crippen molar-refractivity contribution < 1.29 is 9.53 Å². The second-order valence-electron chi connectivity index (χ2n) is 7.66. The van der Waals surface area contributed by atoms with Crippen LogP contribution in [0.1, 0.15) is 32.2 Å². The SMILES string of the molecule is COC(=O)c1sc2cc(NC(=S)Nc3c(C)nn(Cc4ccccc4C)c3C)ccc2c1Cl. The fourth-order valence-electron chi connectivity index (χ4n) is 3.62. The molecular weight excluding hydrogens is 476 g/mol. The Bertz CT molecular complexity index is 1380. The van der Waals surface area contributed by atoms with Gasteiger partial charge in [0.2, 0.25) is 0 Å². The maximum atomic E-state index is 11.9. The van der Waals surface area contributed by atoms with Crippen molar-refractivity contribution >= 4 is 67.7 Å². The smallest absolute Gasteiger partial charge is 0.349 e. The average Bonchev–Trinajstić information content (AvgIpc) is 3.25. The maximum absolute atomic E-state index is 11.9. The molecule has 170 valence electrons. The first-order chi connectivity index (χ1) is 15.8. The molecule has 0 amide bonds. The molecule has 33 heavy (non-hydrogen) atoms. The van der Waals surface area contributed by atoms with Gasteiger partial charge in [-0.15, -0.1) is 11.3 Å². The Labute approximate surface area is 206 Å². The molecule has 0 aliphatic rings. The minimum absolute atomic E-state index is 0.388. The number of methoxy groups -OCH3 is 1. The minimum atomic E-state index is -0.443. The standard InChI is InChI=1S/C24H23ClN4O2S2/c1-13-7-5-6-8-16(13)12-29-15(3)21(14(2)28-29)27-24(32)26-17-9-10-18-19(11-17)33-22(20(18)25)23(30)31-4/h5-11H,12H2,1-4H3,(H2,26,27,32). The lowest BCUT2D eigenvalue weighted by Gasteiger charge is -2.12. The molecule has 0 saturated heterocycles. The van der Waals surface area contributed by atoms with E-state index < -0.39 is 5.97 Å². The van der Waals surface area contributed by atoms with Crippen molar-refractivity contribution in [1.82, 2.24) is 9.78 Å². The number of ether oxygens (including phenoxy) is 1. The maximum Gasteiger partial charge on any atom is 0.349 e. The number of rotatable bonds is 5. The molecule has 6 nitrogen and oxygen atoms in total. The van der Waals surface area contributed by atoms with Gasteiger partial charge in [-0.1, -0.05) is 35.9 Å². The molecule has 2 aromatic carbocycles. The Kier molecular flexibility index (Phi) is 6.69. The Balaban J connectivity index is 1.51. The lowest BCUT2D eigenvalue weighted by Crippen LogP contribution is -2.20. The topological polar surface area (TPSA) is 68.2 Å². The van der Waals surface area contributed by atoms with E-state index in [2.05, 4.69) is 29.7 Å². The molecule has 0 atom stereocenters. The molecular formula is C24H23ClN4O2S2. The van der Waals surface area contributed by atoms with Crippen molar-refractivity contribution in [3.63, 3.8) is 0 Å². The summed E-state index contributed by atoms with van der Waals surface area (Å²) in [5.74, 6) is -0.443. The number of hydrogen-bond acceptors (Lipinski definition) is 5. The van der Waals surface area contributed by atoms with Crippen LogP contribution < -0.4 is 10.6 Å². The van der Waals surface area contributed by atoms with E-state index in [0.29, 0.717) is 21.6 Å². The Hall–Kier alpha value is -2.94. The molecule has 0 fully saturated rings. The summed E-state index contributed by atoms with van der Waals surface area (Å²) in [5, 5.41) is 12.8. The van der Waals surface area contributed by atoms with Gasteiger partial charge in [0.1, 0.15) is 4.88 Å². The lowest BCUT2D eigenvalue weighted by molar-refractivity contribution is 0.0606. The summed E-state index contributed by atoms with van der Waals surface area (Å²) in [6, 6.07) is 13.9. The third kappa shape index (κ3) is 4.73. The van der Waals surface area contributed by atoms with E-state index in [1.54, 1.807) is 0 Å². The van der Waals surface area contributed by atoms with Crippen molar-refractivity contribution in [2.24, 2.45) is 0 Å². The molecule has 0 saturated carbocycles. The molecule has 2 N–H and O–H groups in total. The number of halogens is 1. The first-order valence-electron chi connectivity index (χ1n) is 10.3. The van der Waals surface area contributed by atoms with E-state index in [4.69, 9.17) is 33.7 Å². The highest BCUT2D eigenvalue weighted by atomic mass is 35.5. The first kappa shape index (κ1) is 23.2. The summed E-state index contributed by atoms with van der Waals surface area (Å²) in [4.78, 5) is 12.3. The highest BCUT2D eigenvalue weighted by Gasteiger charge is 2.18. The number of fused-ring (bicyclic) bond motifs is 1. The van der Waals surface area contributed by atoms with Gasteiger partial charge in [0, 0.05) is 15.8 Å². The number of nitrogens with zero attached hydrogens (tertiary/aromatic N) is 2. The molecule has 4 rings (SSSR count). The molecule has 0 aliphatic heterocycles. The van der Waals surface area contributed by atoms with Crippen LogP contribution in [0.15, 0.2) is 42.5 Å². The minimum Gasteiger partial charge on any atom is -0.465 e. The number of anilines is 2. The number of carbonyl (C=O) groups excluding carboxylic acids is 1. The third-order valence-electron chi connectivity index (χ3n) is 5.46. The number of nitrogens with one attached hydrogen (secondary N) is 2. The van der Waals surface area contributed by atoms with Gasteiger partial charge in [-0.2, -0.15) is 5.10 Å². The van der Waals surface area contributed by atoms with Gasteiger partial charge >= 0.3 is 5.97 Å². The molecule has 2 heterocycles. The molecule has 0 unspecified atom stereocenters. The number of aryl methyl sites for hydroxylation is 2. The number of thiocarbonyl (C=S) groups is 1. The number of hydrogen-bond donors (Lipinski definition) is 2. The Morgan fingerprint density at radius 3 is 2.67 bits per heavy atom. The molecule has 2 aromatic heterocycles. The highest BCUT2D eigenvalue weighted by Crippen LogP contribution is 2.37. The number of carbonyl (C=O) groups is 1. The quantitative estimate of drug-likeness (QED) is 0.248. The van der Waals surface area contributed by atoms with Crippen LogP contribution in [0.4, 0.5) is 11.4 Å². The normalized spacial score (nSPS) is 10.9. The molecule has 9 heteroatoms. The van der Waals surface area contributed by atoms with Gasteiger partial charge in [-0.3, -0.25) is 4.68 Å². The number of thiophene rings is 1. The van der Waals surface area contributed by atoms with E-state index in [1.165, 1.54) is 29.6 Å². The van der Waals surface area contributed by atoms with Gasteiger partial charge in [0.05, 0.1) is 35.8 Å². The summed E-state index contributed by atoms with van der Waals surface area (Å²) in [7, 11) is 1.34. The van der Waals surface area contributed by atoms with E-state index in [0.717, 1.165) is 32.8 Å². The van der Waals surface area contributed by atoms with E-state index in [9.17, 15) is 4.79 Å². The fraction of sp³-hybridized carbons (Fsp3) is 0.208. The van der Waals surface area contributed by atoms with Crippen LogP contribution in [0, 0.1) is 20.8 Å². The first-order valence-corrected chi connectivity index (χ1v) is 11.9. The van der Waals surface area contributed by atoms with Crippen molar-refractivity contribution in [1.29, 1.82) is 0 Å². The number of aromatic nitrogens is 2. The highest BCUT2D eigenvalue weighted by molar-refractivity contribution is 7.80. The van der Waals surface area contributed by atoms with Crippen molar-refractivity contribution in [2.75, 3.05) is 17.7 Å². The second-order valence-corrected chi connectivity index (χ2v) is 9.50. The summed E-state index contributed by atoms with van der Waals surface area (Å²) in [5.41, 5.74) is 6.00. The van der Waals surface area contributed by atoms with Crippen molar-refractivity contribution in [2.45, 2.75) is 27.3 Å². The second kappa shape index (κ2) is 9.51. The van der Waals surface area contributed by atoms with Gasteiger partial charge in [0.15, 0.2) is 5.11 Å². The van der Waals surface area contributed by atoms with Gasteiger partial charge in [0.25, 0.3) is 0 Å².